The van der Waals surface area contributed by atoms with Crippen molar-refractivity contribution in [3.05, 3.63) is 72.9 Å². The summed E-state index contributed by atoms with van der Waals surface area (Å²) in [6, 6.07) is 13.6. The van der Waals surface area contributed by atoms with Crippen LogP contribution in [0.5, 0.6) is 0 Å². The molecule has 0 saturated heterocycles. The molecule has 4 rings (SSSR count). The van der Waals surface area contributed by atoms with Crippen molar-refractivity contribution in [3.8, 4) is 22.6 Å². The van der Waals surface area contributed by atoms with Gasteiger partial charge in [-0.1, -0.05) is 48.2 Å². The molecule has 9 heteroatoms. The number of benzene rings is 1. The van der Waals surface area contributed by atoms with E-state index in [4.69, 9.17) is 0 Å². The van der Waals surface area contributed by atoms with Crippen molar-refractivity contribution < 1.29 is 4.79 Å². The van der Waals surface area contributed by atoms with Crippen molar-refractivity contribution in [1.29, 1.82) is 0 Å². The van der Waals surface area contributed by atoms with Gasteiger partial charge in [0.2, 0.25) is 5.91 Å². The Balaban J connectivity index is 1.41. The molecular formula is C21H18N6OS2. The van der Waals surface area contributed by atoms with Gasteiger partial charge in [0.15, 0.2) is 16.1 Å². The minimum atomic E-state index is -0.148. The van der Waals surface area contributed by atoms with E-state index >= 15 is 0 Å². The highest BCUT2D eigenvalue weighted by Crippen LogP contribution is 2.26. The number of rotatable bonds is 8. The molecule has 0 radical (unpaired) electrons. The highest BCUT2D eigenvalue weighted by molar-refractivity contribution is 7.99. The smallest absolute Gasteiger partial charge is 0.236 e. The number of pyridine rings is 1. The first kappa shape index (κ1) is 20.0. The van der Waals surface area contributed by atoms with Crippen LogP contribution >= 0.6 is 23.1 Å². The molecule has 1 amide bonds. The van der Waals surface area contributed by atoms with Crippen LogP contribution in [0, 0.1) is 0 Å². The molecule has 0 aliphatic rings. The lowest BCUT2D eigenvalue weighted by atomic mass is 10.2. The molecule has 7 nitrogen and oxygen atoms in total. The van der Waals surface area contributed by atoms with Gasteiger partial charge in [-0.05, 0) is 12.1 Å². The largest absolute Gasteiger partial charge is 0.301 e. The Labute approximate surface area is 181 Å². The van der Waals surface area contributed by atoms with E-state index in [2.05, 4.69) is 32.1 Å². The van der Waals surface area contributed by atoms with E-state index in [9.17, 15) is 4.79 Å². The molecule has 0 atom stereocenters. The molecule has 0 aliphatic carbocycles. The number of thioether (sulfide) groups is 1. The van der Waals surface area contributed by atoms with Gasteiger partial charge in [0, 0.05) is 35.4 Å². The number of carbonyl (C=O) groups excluding carboxylic acids is 1. The molecule has 3 heterocycles. The molecule has 0 bridgehead atoms. The van der Waals surface area contributed by atoms with Crippen LogP contribution in [0.15, 0.2) is 78.0 Å². The highest BCUT2D eigenvalue weighted by Gasteiger charge is 2.15. The zero-order valence-electron chi connectivity index (χ0n) is 15.9. The first-order valence-corrected chi connectivity index (χ1v) is 11.0. The summed E-state index contributed by atoms with van der Waals surface area (Å²) >= 11 is 2.72. The third-order valence-corrected chi connectivity index (χ3v) is 5.83. The number of allylic oxidation sites excluding steroid dienone is 1. The van der Waals surface area contributed by atoms with E-state index in [0.717, 1.165) is 16.8 Å². The van der Waals surface area contributed by atoms with E-state index in [0.29, 0.717) is 22.7 Å². The summed E-state index contributed by atoms with van der Waals surface area (Å²) in [4.78, 5) is 21.0. The second kappa shape index (κ2) is 9.47. The molecule has 0 aliphatic heterocycles. The van der Waals surface area contributed by atoms with Crippen LogP contribution in [-0.2, 0) is 11.3 Å². The van der Waals surface area contributed by atoms with Gasteiger partial charge in [0.25, 0.3) is 0 Å². The minimum Gasteiger partial charge on any atom is -0.301 e. The lowest BCUT2D eigenvalue weighted by Gasteiger charge is -2.07. The quantitative estimate of drug-likeness (QED) is 0.327. The first-order chi connectivity index (χ1) is 14.7. The molecule has 1 aromatic carbocycles. The second-order valence-electron chi connectivity index (χ2n) is 6.19. The first-order valence-electron chi connectivity index (χ1n) is 9.12. The summed E-state index contributed by atoms with van der Waals surface area (Å²) in [6.45, 7) is 4.34. The highest BCUT2D eigenvalue weighted by atomic mass is 32.2. The second-order valence-corrected chi connectivity index (χ2v) is 7.99. The molecule has 30 heavy (non-hydrogen) atoms. The third-order valence-electron chi connectivity index (χ3n) is 4.10. The number of hydrogen-bond acceptors (Lipinski definition) is 7. The van der Waals surface area contributed by atoms with Crippen molar-refractivity contribution in [2.45, 2.75) is 11.7 Å². The Hall–Kier alpha value is -3.30. The van der Waals surface area contributed by atoms with Crippen LogP contribution in [0.4, 0.5) is 5.13 Å². The average Bonchev–Trinajstić information content (AvgIpc) is 3.41. The van der Waals surface area contributed by atoms with Crippen molar-refractivity contribution in [1.82, 2.24) is 24.7 Å². The summed E-state index contributed by atoms with van der Waals surface area (Å²) in [5.41, 5.74) is 2.72. The average molecular weight is 435 g/mol. The van der Waals surface area contributed by atoms with Crippen molar-refractivity contribution in [3.63, 3.8) is 0 Å². The number of nitrogens with zero attached hydrogens (tertiary/aromatic N) is 5. The molecule has 0 spiro atoms. The summed E-state index contributed by atoms with van der Waals surface area (Å²) < 4.78 is 1.92. The number of nitrogens with one attached hydrogen (secondary N) is 1. The normalized spacial score (nSPS) is 10.7. The molecule has 1 N–H and O–H groups in total. The van der Waals surface area contributed by atoms with Gasteiger partial charge in [0.05, 0.1) is 11.4 Å². The fourth-order valence-electron chi connectivity index (χ4n) is 2.76. The molecule has 4 aromatic rings. The number of aromatic nitrogens is 5. The maximum absolute atomic E-state index is 12.4. The van der Waals surface area contributed by atoms with Crippen LogP contribution in [-0.4, -0.2) is 36.4 Å². The Morgan fingerprint density at radius 2 is 2.00 bits per heavy atom. The molecule has 0 saturated carbocycles. The van der Waals surface area contributed by atoms with Gasteiger partial charge in [0.1, 0.15) is 0 Å². The molecule has 0 unspecified atom stereocenters. The van der Waals surface area contributed by atoms with Crippen LogP contribution in [0.1, 0.15) is 0 Å². The number of thiazole rings is 1. The van der Waals surface area contributed by atoms with Crippen LogP contribution < -0.4 is 5.32 Å². The fourth-order valence-corrected chi connectivity index (χ4v) is 4.24. The molecule has 3 aromatic heterocycles. The van der Waals surface area contributed by atoms with Gasteiger partial charge < -0.3 is 5.32 Å². The van der Waals surface area contributed by atoms with Crippen LogP contribution in [0.3, 0.4) is 0 Å². The summed E-state index contributed by atoms with van der Waals surface area (Å²) in [5.74, 6) is 0.742. The molecular weight excluding hydrogens is 416 g/mol. The summed E-state index contributed by atoms with van der Waals surface area (Å²) in [5, 5.41) is 14.5. The van der Waals surface area contributed by atoms with Crippen molar-refractivity contribution in [2.24, 2.45) is 0 Å². The monoisotopic (exact) mass is 434 g/mol. The Morgan fingerprint density at radius 1 is 1.17 bits per heavy atom. The Kier molecular flexibility index (Phi) is 6.31. The predicted octanol–water partition coefficient (Wildman–Crippen LogP) is 4.38. The van der Waals surface area contributed by atoms with Gasteiger partial charge in [-0.3, -0.25) is 14.3 Å². The van der Waals surface area contributed by atoms with E-state index in [1.807, 2.05) is 52.4 Å². The van der Waals surface area contributed by atoms with Crippen LogP contribution in [0.25, 0.3) is 22.6 Å². The number of amides is 1. The zero-order valence-corrected chi connectivity index (χ0v) is 17.6. The molecule has 0 fully saturated rings. The van der Waals surface area contributed by atoms with Gasteiger partial charge >= 0.3 is 0 Å². The Morgan fingerprint density at radius 3 is 2.77 bits per heavy atom. The lowest BCUT2D eigenvalue weighted by molar-refractivity contribution is -0.113. The molecule has 150 valence electrons. The number of hydrogen-bond donors (Lipinski definition) is 1. The fraction of sp³-hybridized carbons (Fsp3) is 0.0952. The number of anilines is 1. The van der Waals surface area contributed by atoms with Crippen molar-refractivity contribution >= 4 is 34.1 Å². The van der Waals surface area contributed by atoms with Gasteiger partial charge in [-0.2, -0.15) is 0 Å². The van der Waals surface area contributed by atoms with Crippen molar-refractivity contribution in [2.75, 3.05) is 11.1 Å². The Bertz CT molecular complexity index is 1140. The van der Waals surface area contributed by atoms with E-state index in [1.165, 1.54) is 23.1 Å². The van der Waals surface area contributed by atoms with E-state index < -0.39 is 0 Å². The van der Waals surface area contributed by atoms with Crippen LogP contribution in [0.2, 0.25) is 0 Å². The SMILES string of the molecule is C=CCn1c(SCC(=O)Nc2nc(-c3ccccc3)cs2)nnc1-c1cccnc1. The maximum atomic E-state index is 12.4. The van der Waals surface area contributed by atoms with E-state index in [-0.39, 0.29) is 11.7 Å². The predicted molar refractivity (Wildman–Crippen MR) is 120 cm³/mol. The number of carbonyl (C=O) groups is 1. The topological polar surface area (TPSA) is 85.6 Å². The standard InChI is InChI=1S/C21H18N6OS2/c1-2-11-27-19(16-9-6-10-22-12-16)25-26-21(27)30-14-18(28)24-20-23-17(13-29-20)15-7-4-3-5-8-15/h2-10,12-13H,1,11,14H2,(H,23,24,28). The lowest BCUT2D eigenvalue weighted by Crippen LogP contribution is -2.14. The minimum absolute atomic E-state index is 0.148. The summed E-state index contributed by atoms with van der Waals surface area (Å²) in [6.07, 6.45) is 5.21. The summed E-state index contributed by atoms with van der Waals surface area (Å²) in [7, 11) is 0. The zero-order chi connectivity index (χ0) is 20.8. The van der Waals surface area contributed by atoms with Gasteiger partial charge in [-0.15, -0.1) is 28.1 Å². The van der Waals surface area contributed by atoms with E-state index in [1.54, 1.807) is 18.5 Å². The maximum Gasteiger partial charge on any atom is 0.236 e. The third kappa shape index (κ3) is 4.64. The van der Waals surface area contributed by atoms with Gasteiger partial charge in [-0.25, -0.2) is 4.98 Å².